The molecule has 6 rings (SSSR count). The molecule has 2 aromatic carbocycles. The first-order chi connectivity index (χ1) is 22.6. The van der Waals surface area contributed by atoms with Crippen molar-refractivity contribution in [2.45, 2.75) is 6.42 Å². The Labute approximate surface area is 279 Å². The molecule has 2 fully saturated rings. The number of likely N-dealkylation sites (N-methyl/N-ethyl adjacent to an activating group) is 2. The second kappa shape index (κ2) is 13.7. The van der Waals surface area contributed by atoms with Crippen molar-refractivity contribution in [3.05, 3.63) is 73.3 Å². The Morgan fingerprint density at radius 1 is 0.574 bits per heavy atom. The van der Waals surface area contributed by atoms with Gasteiger partial charge in [0, 0.05) is 28.0 Å². The number of nitrogens with zero attached hydrogens (tertiary/aromatic N) is 12. The predicted molar refractivity (Wildman–Crippen MR) is 185 cm³/mol. The average Bonchev–Trinajstić information content (AvgIpc) is 3.57. The average molecular weight is 641 g/mol. The number of imidazole rings is 2. The van der Waals surface area contributed by atoms with E-state index in [1.165, 1.54) is 57.1 Å². The van der Waals surface area contributed by atoms with Crippen molar-refractivity contribution in [2.75, 3.05) is 89.3 Å². The van der Waals surface area contributed by atoms with E-state index >= 15 is 0 Å². The summed E-state index contributed by atoms with van der Waals surface area (Å²) in [5, 5.41) is 17.7. The van der Waals surface area contributed by atoms with Crippen molar-refractivity contribution < 1.29 is 18.1 Å². The second-order valence-corrected chi connectivity index (χ2v) is 14.0. The summed E-state index contributed by atoms with van der Waals surface area (Å²) in [5.74, 6) is 1.64. The molecule has 12 nitrogen and oxygen atoms in total. The SMILES string of the molecule is Cn1cc[n+](C)c1/N=N/c1ccc(N2CC[N+](C)(CCC[N+]3(C)CCN(c4ccc(/N=N/c5n(C)cc[n+]5C)cc4)CC3)CC2)cc1. The number of azo groups is 2. The Morgan fingerprint density at radius 3 is 1.26 bits per heavy atom. The van der Waals surface area contributed by atoms with Crippen LogP contribution in [0, 0.1) is 0 Å². The summed E-state index contributed by atoms with van der Waals surface area (Å²) in [6, 6.07) is 17.0. The number of quaternary nitrogens is 2. The Bertz CT molecular complexity index is 1520. The number of aromatic nitrogens is 4. The highest BCUT2D eigenvalue weighted by atomic mass is 15.4. The second-order valence-electron chi connectivity index (χ2n) is 14.0. The fraction of sp³-hybridized carbons (Fsp3) is 0.486. The third kappa shape index (κ3) is 7.77. The number of rotatable bonds is 10. The Morgan fingerprint density at radius 2 is 0.936 bits per heavy atom. The van der Waals surface area contributed by atoms with Gasteiger partial charge < -0.3 is 18.8 Å². The number of piperazine rings is 2. The van der Waals surface area contributed by atoms with Crippen LogP contribution in [0.1, 0.15) is 6.42 Å². The van der Waals surface area contributed by atoms with E-state index in [-0.39, 0.29) is 0 Å². The minimum absolute atomic E-state index is 0.820. The van der Waals surface area contributed by atoms with E-state index in [4.69, 9.17) is 0 Å². The van der Waals surface area contributed by atoms with E-state index in [2.05, 4.69) is 92.9 Å². The number of benzene rings is 2. The van der Waals surface area contributed by atoms with Crippen molar-refractivity contribution in [3.8, 4) is 0 Å². The van der Waals surface area contributed by atoms with Gasteiger partial charge in [0.2, 0.25) is 0 Å². The summed E-state index contributed by atoms with van der Waals surface area (Å²) in [6.07, 6.45) is 9.18. The molecule has 47 heavy (non-hydrogen) atoms. The molecule has 2 aliphatic rings. The molecule has 0 atom stereocenters. The smallest absolute Gasteiger partial charge is 0.360 e. The molecule has 0 spiro atoms. The fourth-order valence-electron chi connectivity index (χ4n) is 6.81. The van der Waals surface area contributed by atoms with E-state index < -0.39 is 0 Å². The highest BCUT2D eigenvalue weighted by Crippen LogP contribution is 2.26. The van der Waals surface area contributed by atoms with Crippen LogP contribution in [0.3, 0.4) is 0 Å². The zero-order chi connectivity index (χ0) is 33.0. The van der Waals surface area contributed by atoms with Gasteiger partial charge in [0.1, 0.15) is 11.4 Å². The van der Waals surface area contributed by atoms with Gasteiger partial charge in [0.15, 0.2) is 0 Å². The summed E-state index contributed by atoms with van der Waals surface area (Å²) in [5.41, 5.74) is 4.30. The summed E-state index contributed by atoms with van der Waals surface area (Å²) in [7, 11) is 12.8. The van der Waals surface area contributed by atoms with Crippen LogP contribution < -0.4 is 18.9 Å². The van der Waals surface area contributed by atoms with Gasteiger partial charge in [-0.05, 0) is 48.5 Å². The maximum absolute atomic E-state index is 4.45. The monoisotopic (exact) mass is 640 g/mol. The molecular formula is C35H52N12+4. The molecule has 2 aliphatic heterocycles. The van der Waals surface area contributed by atoms with E-state index in [9.17, 15) is 0 Å². The predicted octanol–water partition coefficient (Wildman–Crippen LogP) is 4.47. The van der Waals surface area contributed by atoms with Gasteiger partial charge in [0.25, 0.3) is 0 Å². The molecule has 0 saturated carbocycles. The minimum Gasteiger partial charge on any atom is -0.360 e. The quantitative estimate of drug-likeness (QED) is 0.146. The van der Waals surface area contributed by atoms with Gasteiger partial charge >= 0.3 is 11.9 Å². The normalized spacial score (nSPS) is 18.1. The Hall–Kier alpha value is -4.42. The maximum atomic E-state index is 4.45. The van der Waals surface area contributed by atoms with E-state index in [0.717, 1.165) is 58.4 Å². The lowest BCUT2D eigenvalue weighted by atomic mass is 10.1. The number of aryl methyl sites for hydroxylation is 4. The van der Waals surface area contributed by atoms with E-state index in [1.807, 2.05) is 71.2 Å². The molecule has 0 bridgehead atoms. The van der Waals surface area contributed by atoms with Gasteiger partial charge in [0.05, 0.1) is 133 Å². The highest BCUT2D eigenvalue weighted by Gasteiger charge is 2.32. The van der Waals surface area contributed by atoms with Crippen molar-refractivity contribution in [1.29, 1.82) is 0 Å². The number of hydrogen-bond donors (Lipinski definition) is 0. The minimum atomic E-state index is 0.820. The van der Waals surface area contributed by atoms with E-state index in [0.29, 0.717) is 0 Å². The molecule has 4 heterocycles. The molecule has 0 aliphatic carbocycles. The molecule has 0 unspecified atom stereocenters. The van der Waals surface area contributed by atoms with Gasteiger partial charge in [-0.15, -0.1) is 0 Å². The molecular weight excluding hydrogens is 588 g/mol. The topological polar surface area (TPSA) is 73.5 Å². The molecule has 2 aromatic heterocycles. The van der Waals surface area contributed by atoms with Crippen molar-refractivity contribution in [3.63, 3.8) is 0 Å². The molecule has 0 N–H and O–H groups in total. The van der Waals surface area contributed by atoms with Crippen LogP contribution in [0.5, 0.6) is 0 Å². The van der Waals surface area contributed by atoms with Crippen LogP contribution in [0.15, 0.2) is 93.8 Å². The molecule has 248 valence electrons. The van der Waals surface area contributed by atoms with Crippen molar-refractivity contribution in [1.82, 2.24) is 9.13 Å². The molecule has 0 radical (unpaired) electrons. The third-order valence-corrected chi connectivity index (χ3v) is 10.3. The molecule has 0 amide bonds. The number of anilines is 2. The summed E-state index contributed by atoms with van der Waals surface area (Å²) in [4.78, 5) is 5.04. The first-order valence-electron chi connectivity index (χ1n) is 16.8. The lowest BCUT2D eigenvalue weighted by Crippen LogP contribution is -2.60. The van der Waals surface area contributed by atoms with Crippen LogP contribution in [-0.4, -0.2) is 97.6 Å². The van der Waals surface area contributed by atoms with Gasteiger partial charge in [-0.25, -0.2) is 18.3 Å². The molecule has 4 aromatic rings. The van der Waals surface area contributed by atoms with Crippen LogP contribution in [0.25, 0.3) is 0 Å². The van der Waals surface area contributed by atoms with Crippen LogP contribution in [-0.2, 0) is 28.2 Å². The summed E-state index contributed by atoms with van der Waals surface area (Å²) < 4.78 is 10.2. The fourth-order valence-corrected chi connectivity index (χ4v) is 6.81. The summed E-state index contributed by atoms with van der Waals surface area (Å²) in [6.45, 7) is 11.6. The van der Waals surface area contributed by atoms with Crippen LogP contribution >= 0.6 is 0 Å². The first-order valence-corrected chi connectivity index (χ1v) is 16.8. The van der Waals surface area contributed by atoms with Crippen molar-refractivity contribution >= 4 is 34.6 Å². The Kier molecular flexibility index (Phi) is 9.51. The van der Waals surface area contributed by atoms with Gasteiger partial charge in [-0.3, -0.25) is 0 Å². The maximum Gasteiger partial charge on any atom is 0.421 e. The lowest BCUT2D eigenvalue weighted by molar-refractivity contribution is -0.928. The molecule has 12 heteroatoms. The first kappa shape index (κ1) is 32.5. The largest absolute Gasteiger partial charge is 0.421 e. The van der Waals surface area contributed by atoms with Crippen LogP contribution in [0.4, 0.5) is 34.6 Å². The third-order valence-electron chi connectivity index (χ3n) is 10.3. The standard InChI is InChI=1S/C35H52N12/c1-40-16-17-41(2)34(40)38-36-30-8-12-32(13-9-30)44-20-26-46(5,27-21-44)24-7-25-47(6)28-22-45(23-29-47)33-14-10-31(11-15-33)37-39-35-42(3)18-19-43(35)4/h8-19H,7,20-29H2,1-6H3/q+4. The number of hydrogen-bond acceptors (Lipinski definition) is 6. The highest BCUT2D eigenvalue weighted by molar-refractivity contribution is 5.53. The van der Waals surface area contributed by atoms with Crippen LogP contribution in [0.2, 0.25) is 0 Å². The van der Waals surface area contributed by atoms with E-state index in [1.54, 1.807) is 0 Å². The Balaban J connectivity index is 0.925. The zero-order valence-corrected chi connectivity index (χ0v) is 29.1. The lowest BCUT2D eigenvalue weighted by Gasteiger charge is -2.45. The zero-order valence-electron chi connectivity index (χ0n) is 29.1. The molecule has 2 saturated heterocycles. The summed E-state index contributed by atoms with van der Waals surface area (Å²) >= 11 is 0. The van der Waals surface area contributed by atoms with Crippen molar-refractivity contribution in [2.24, 2.45) is 48.6 Å². The van der Waals surface area contributed by atoms with Gasteiger partial charge in [-0.2, -0.15) is 0 Å². The van der Waals surface area contributed by atoms with Gasteiger partial charge in [-0.1, -0.05) is 10.2 Å².